The Labute approximate surface area is 238 Å². The van der Waals surface area contributed by atoms with E-state index in [0.29, 0.717) is 47.0 Å². The van der Waals surface area contributed by atoms with Crippen LogP contribution in [0.25, 0.3) is 22.8 Å². The Balaban J connectivity index is 1.39. The Morgan fingerprint density at radius 1 is 1.00 bits per heavy atom. The van der Waals surface area contributed by atoms with Crippen molar-refractivity contribution in [2.24, 2.45) is 0 Å². The van der Waals surface area contributed by atoms with E-state index in [0.717, 1.165) is 36.8 Å². The fraction of sp³-hybridized carbons (Fsp3) is 0.333. The Morgan fingerprint density at radius 2 is 1.77 bits per heavy atom. The molecule has 0 spiro atoms. The highest BCUT2D eigenvalue weighted by Crippen LogP contribution is 2.31. The first-order chi connectivity index (χ1) is 19.6. The zero-order valence-corrected chi connectivity index (χ0v) is 23.4. The molecule has 4 aromatic rings. The molecule has 40 heavy (non-hydrogen) atoms. The van der Waals surface area contributed by atoms with Gasteiger partial charge in [0, 0.05) is 42.2 Å². The molecule has 0 unspecified atom stereocenters. The van der Waals surface area contributed by atoms with Crippen molar-refractivity contribution >= 4 is 17.5 Å². The summed E-state index contributed by atoms with van der Waals surface area (Å²) >= 11 is 6.45. The lowest BCUT2D eigenvalue weighted by Gasteiger charge is -2.29. The number of rotatable bonds is 11. The molecule has 1 saturated carbocycles. The molecule has 1 amide bonds. The van der Waals surface area contributed by atoms with Gasteiger partial charge in [-0.2, -0.15) is 5.10 Å². The van der Waals surface area contributed by atoms with Gasteiger partial charge in [0.05, 0.1) is 25.8 Å². The number of pyridine rings is 1. The maximum absolute atomic E-state index is 13.5. The van der Waals surface area contributed by atoms with Gasteiger partial charge in [0.25, 0.3) is 5.91 Å². The first kappa shape index (κ1) is 27.5. The van der Waals surface area contributed by atoms with E-state index in [1.54, 1.807) is 32.7 Å². The van der Waals surface area contributed by atoms with E-state index in [1.165, 1.54) is 0 Å². The van der Waals surface area contributed by atoms with E-state index >= 15 is 0 Å². The number of methoxy groups -OCH3 is 2. The smallest absolute Gasteiger partial charge is 0.260 e. The van der Waals surface area contributed by atoms with Crippen molar-refractivity contribution < 1.29 is 19.0 Å². The van der Waals surface area contributed by atoms with Gasteiger partial charge in [0.15, 0.2) is 18.3 Å². The van der Waals surface area contributed by atoms with Crippen molar-refractivity contribution in [2.45, 2.75) is 38.3 Å². The minimum atomic E-state index is -0.0572. The van der Waals surface area contributed by atoms with Gasteiger partial charge in [0.1, 0.15) is 17.2 Å². The van der Waals surface area contributed by atoms with Crippen LogP contribution in [0.4, 0.5) is 0 Å². The lowest BCUT2D eigenvalue weighted by atomic mass is 10.2. The number of aromatic nitrogens is 4. The summed E-state index contributed by atoms with van der Waals surface area (Å²) < 4.78 is 18.3. The number of amides is 1. The third kappa shape index (κ3) is 6.37. The molecule has 2 aromatic heterocycles. The van der Waals surface area contributed by atoms with Gasteiger partial charge in [-0.3, -0.25) is 9.78 Å². The van der Waals surface area contributed by atoms with Crippen molar-refractivity contribution in [2.75, 3.05) is 27.4 Å². The molecule has 0 atom stereocenters. The van der Waals surface area contributed by atoms with Crippen molar-refractivity contribution in [3.63, 3.8) is 0 Å². The monoisotopic (exact) mass is 561 g/mol. The Morgan fingerprint density at radius 3 is 2.50 bits per heavy atom. The molecule has 2 heterocycles. The van der Waals surface area contributed by atoms with Crippen LogP contribution in [0.15, 0.2) is 67.0 Å². The summed E-state index contributed by atoms with van der Waals surface area (Å²) in [4.78, 5) is 24.3. The molecule has 5 rings (SSSR count). The third-order valence-electron chi connectivity index (χ3n) is 7.06. The molecule has 1 aliphatic carbocycles. The topological polar surface area (TPSA) is 91.6 Å². The summed E-state index contributed by atoms with van der Waals surface area (Å²) in [5, 5.41) is 5.30. The number of carbonyl (C=O) groups is 1. The molecule has 0 radical (unpaired) electrons. The molecule has 1 aliphatic rings. The van der Waals surface area contributed by atoms with Gasteiger partial charge < -0.3 is 19.1 Å². The second kappa shape index (κ2) is 12.8. The van der Waals surface area contributed by atoms with Crippen LogP contribution in [-0.4, -0.2) is 64.0 Å². The van der Waals surface area contributed by atoms with Gasteiger partial charge in [-0.15, -0.1) is 0 Å². The lowest BCUT2D eigenvalue weighted by molar-refractivity contribution is -0.135. The molecule has 0 N–H and O–H groups in total. The molecule has 2 aromatic carbocycles. The van der Waals surface area contributed by atoms with Crippen LogP contribution in [0.1, 0.15) is 25.7 Å². The van der Waals surface area contributed by atoms with Crippen molar-refractivity contribution in [3.8, 4) is 40.0 Å². The molecule has 0 aliphatic heterocycles. The fourth-order valence-corrected chi connectivity index (χ4v) is 5.25. The number of benzene rings is 2. The highest BCUT2D eigenvalue weighted by molar-refractivity contribution is 6.32. The number of carbonyl (C=O) groups excluding carboxylic acids is 1. The van der Waals surface area contributed by atoms with Crippen LogP contribution in [-0.2, 0) is 11.3 Å². The average molecular weight is 562 g/mol. The normalized spacial score (nSPS) is 13.3. The number of hydrogen-bond donors (Lipinski definition) is 0. The summed E-state index contributed by atoms with van der Waals surface area (Å²) in [5.41, 5.74) is 1.66. The summed E-state index contributed by atoms with van der Waals surface area (Å²) in [6, 6.07) is 16.7. The molecular formula is C30H32ClN5O4. The molecule has 1 fully saturated rings. The van der Waals surface area contributed by atoms with Crippen molar-refractivity contribution in [1.29, 1.82) is 0 Å². The molecule has 208 valence electrons. The summed E-state index contributed by atoms with van der Waals surface area (Å²) in [6.07, 6.45) is 7.59. The first-order valence-electron chi connectivity index (χ1n) is 13.3. The fourth-order valence-electron chi connectivity index (χ4n) is 4.99. The minimum absolute atomic E-state index is 0.0514. The van der Waals surface area contributed by atoms with Gasteiger partial charge in [0.2, 0.25) is 0 Å². The lowest BCUT2D eigenvalue weighted by Crippen LogP contribution is -2.43. The van der Waals surface area contributed by atoms with Gasteiger partial charge in [-0.05, 0) is 55.3 Å². The Bertz CT molecular complexity index is 1440. The predicted octanol–water partition coefficient (Wildman–Crippen LogP) is 5.53. The quantitative estimate of drug-likeness (QED) is 0.238. The highest BCUT2D eigenvalue weighted by Gasteiger charge is 2.27. The van der Waals surface area contributed by atoms with Crippen LogP contribution in [0.5, 0.6) is 17.2 Å². The maximum Gasteiger partial charge on any atom is 0.260 e. The number of ether oxygens (including phenoxy) is 3. The van der Waals surface area contributed by atoms with Crippen LogP contribution >= 0.6 is 11.6 Å². The number of nitrogens with zero attached hydrogens (tertiary/aromatic N) is 5. The maximum atomic E-state index is 13.5. The minimum Gasteiger partial charge on any atom is -0.497 e. The van der Waals surface area contributed by atoms with Crippen LogP contribution in [0.2, 0.25) is 5.02 Å². The Kier molecular flexibility index (Phi) is 8.81. The standard InChI is InChI=1S/C30H32ClN5O4/c1-38-24-8-5-9-25(19-24)40-20-28(37)35(23-6-3-4-7-23)16-17-36-30(22-10-11-27(39-2)26(31)18-22)33-29(34-36)21-12-14-32-15-13-21/h5,8-15,18-19,23H,3-4,6-7,16-17,20H2,1-2H3. The second-order valence-electron chi connectivity index (χ2n) is 9.56. The molecule has 10 heteroatoms. The summed E-state index contributed by atoms with van der Waals surface area (Å²) in [5.74, 6) is 3.03. The van der Waals surface area contributed by atoms with E-state index in [1.807, 2.05) is 58.1 Å². The number of hydrogen-bond acceptors (Lipinski definition) is 7. The van der Waals surface area contributed by atoms with E-state index in [2.05, 4.69) is 4.98 Å². The second-order valence-corrected chi connectivity index (χ2v) is 9.97. The molecule has 0 saturated heterocycles. The Hall–Kier alpha value is -4.11. The van der Waals surface area contributed by atoms with Crippen molar-refractivity contribution in [3.05, 3.63) is 72.0 Å². The van der Waals surface area contributed by atoms with Gasteiger partial charge in [-0.25, -0.2) is 9.67 Å². The van der Waals surface area contributed by atoms with Gasteiger partial charge in [-0.1, -0.05) is 30.5 Å². The summed E-state index contributed by atoms with van der Waals surface area (Å²) in [7, 11) is 3.18. The van der Waals surface area contributed by atoms with Crippen LogP contribution < -0.4 is 14.2 Å². The first-order valence-corrected chi connectivity index (χ1v) is 13.7. The third-order valence-corrected chi connectivity index (χ3v) is 7.36. The van der Waals surface area contributed by atoms with E-state index < -0.39 is 0 Å². The van der Waals surface area contributed by atoms with E-state index in [-0.39, 0.29) is 18.6 Å². The molecular weight excluding hydrogens is 530 g/mol. The van der Waals surface area contributed by atoms with Crippen molar-refractivity contribution in [1.82, 2.24) is 24.6 Å². The largest absolute Gasteiger partial charge is 0.497 e. The van der Waals surface area contributed by atoms with E-state index in [4.69, 9.17) is 35.9 Å². The molecule has 9 nitrogen and oxygen atoms in total. The highest BCUT2D eigenvalue weighted by atomic mass is 35.5. The summed E-state index contributed by atoms with van der Waals surface area (Å²) in [6.45, 7) is 0.879. The van der Waals surface area contributed by atoms with E-state index in [9.17, 15) is 4.79 Å². The zero-order chi connectivity index (χ0) is 27.9. The molecule has 0 bridgehead atoms. The average Bonchev–Trinajstić information content (AvgIpc) is 3.68. The predicted molar refractivity (Wildman–Crippen MR) is 153 cm³/mol. The van der Waals surface area contributed by atoms with Gasteiger partial charge >= 0.3 is 0 Å². The van der Waals surface area contributed by atoms with Crippen LogP contribution in [0.3, 0.4) is 0 Å². The SMILES string of the molecule is COc1cccc(OCC(=O)N(CCn2nc(-c3ccncc3)nc2-c2ccc(OC)c(Cl)c2)C2CCCC2)c1. The van der Waals surface area contributed by atoms with Crippen LogP contribution in [0, 0.1) is 0 Å². The zero-order valence-electron chi connectivity index (χ0n) is 22.6. The number of halogens is 1.